The van der Waals surface area contributed by atoms with Gasteiger partial charge in [-0.2, -0.15) is 0 Å². The molecule has 1 aliphatic heterocycles. The highest BCUT2D eigenvalue weighted by Crippen LogP contribution is 2.33. The molecule has 166 valence electrons. The highest BCUT2D eigenvalue weighted by molar-refractivity contribution is 5.96. The molecule has 33 heavy (non-hydrogen) atoms. The van der Waals surface area contributed by atoms with Crippen LogP contribution in [0, 0.1) is 5.82 Å². The number of fused-ring (bicyclic) bond motifs is 2. The summed E-state index contributed by atoms with van der Waals surface area (Å²) in [7, 11) is 0. The Morgan fingerprint density at radius 2 is 1.88 bits per heavy atom. The van der Waals surface area contributed by atoms with Crippen LogP contribution in [-0.4, -0.2) is 23.3 Å². The molecule has 2 amide bonds. The van der Waals surface area contributed by atoms with Gasteiger partial charge in [0.15, 0.2) is 0 Å². The van der Waals surface area contributed by atoms with Gasteiger partial charge in [0.1, 0.15) is 5.82 Å². The molecule has 6 heteroatoms. The zero-order valence-electron chi connectivity index (χ0n) is 18.3. The second kappa shape index (κ2) is 8.54. The molecule has 0 bridgehead atoms. The molecule has 0 atom stereocenters. The number of aromatic amines is 1. The van der Waals surface area contributed by atoms with Gasteiger partial charge in [-0.15, -0.1) is 0 Å². The van der Waals surface area contributed by atoms with Gasteiger partial charge in [-0.05, 0) is 65.9 Å². The number of hydrogen-bond acceptors (Lipinski definition) is 2. The van der Waals surface area contributed by atoms with Gasteiger partial charge in [0.25, 0.3) is 0 Å². The van der Waals surface area contributed by atoms with Crippen molar-refractivity contribution in [1.29, 1.82) is 0 Å². The van der Waals surface area contributed by atoms with Gasteiger partial charge >= 0.3 is 0 Å². The van der Waals surface area contributed by atoms with Crippen molar-refractivity contribution in [2.75, 3.05) is 16.8 Å². The number of H-pyrrole nitrogens is 1. The van der Waals surface area contributed by atoms with E-state index in [1.165, 1.54) is 12.1 Å². The molecule has 1 aromatic heterocycles. The Kier molecular flexibility index (Phi) is 5.42. The maximum Gasteiger partial charge on any atom is 0.224 e. The van der Waals surface area contributed by atoms with Crippen molar-refractivity contribution in [3.8, 4) is 11.3 Å². The Balaban J connectivity index is 1.35. The summed E-state index contributed by atoms with van der Waals surface area (Å²) in [6.45, 7) is 2.23. The minimum atomic E-state index is -0.301. The Morgan fingerprint density at radius 1 is 1.06 bits per heavy atom. The Hall–Kier alpha value is -3.93. The minimum Gasteiger partial charge on any atom is -0.354 e. The van der Waals surface area contributed by atoms with Gasteiger partial charge < -0.3 is 15.2 Å². The van der Waals surface area contributed by atoms with Crippen molar-refractivity contribution in [3.05, 3.63) is 83.7 Å². The van der Waals surface area contributed by atoms with Crippen LogP contribution in [-0.2, 0) is 22.4 Å². The third kappa shape index (κ3) is 4.12. The van der Waals surface area contributed by atoms with E-state index in [0.717, 1.165) is 51.1 Å². The minimum absolute atomic E-state index is 0.0231. The molecule has 0 saturated heterocycles. The molecule has 0 spiro atoms. The lowest BCUT2D eigenvalue weighted by Crippen LogP contribution is -2.25. The summed E-state index contributed by atoms with van der Waals surface area (Å²) < 4.78 is 14.0. The molecule has 5 nitrogen and oxygen atoms in total. The number of aryl methyl sites for hydroxylation is 1. The molecule has 0 aliphatic carbocycles. The van der Waals surface area contributed by atoms with Crippen LogP contribution in [0.4, 0.5) is 15.8 Å². The predicted octanol–water partition coefficient (Wildman–Crippen LogP) is 5.45. The van der Waals surface area contributed by atoms with Gasteiger partial charge in [0.2, 0.25) is 11.8 Å². The number of amides is 2. The van der Waals surface area contributed by atoms with Crippen LogP contribution in [0.15, 0.2) is 66.7 Å². The molecular weight excluding hydrogens is 417 g/mol. The van der Waals surface area contributed by atoms with E-state index in [0.29, 0.717) is 13.0 Å². The molecule has 0 radical (unpaired) electrons. The number of carbonyl (C=O) groups excluding carboxylic acids is 2. The summed E-state index contributed by atoms with van der Waals surface area (Å²) in [5.41, 5.74) is 6.37. The Labute approximate surface area is 191 Å². The quantitative estimate of drug-likeness (QED) is 0.432. The first-order valence-corrected chi connectivity index (χ1v) is 11.1. The van der Waals surface area contributed by atoms with E-state index in [-0.39, 0.29) is 24.1 Å². The highest BCUT2D eigenvalue weighted by Gasteiger charge is 2.22. The Bertz CT molecular complexity index is 1360. The van der Waals surface area contributed by atoms with Gasteiger partial charge in [-0.1, -0.05) is 30.3 Å². The summed E-state index contributed by atoms with van der Waals surface area (Å²) >= 11 is 0. The molecule has 4 aromatic rings. The normalized spacial score (nSPS) is 12.7. The first-order valence-electron chi connectivity index (χ1n) is 11.1. The number of halogens is 1. The second-order valence-electron chi connectivity index (χ2n) is 8.35. The largest absolute Gasteiger partial charge is 0.354 e. The fourth-order valence-electron chi connectivity index (χ4n) is 4.60. The van der Waals surface area contributed by atoms with Crippen LogP contribution >= 0.6 is 0 Å². The monoisotopic (exact) mass is 441 g/mol. The van der Waals surface area contributed by atoms with Crippen molar-refractivity contribution < 1.29 is 14.0 Å². The van der Waals surface area contributed by atoms with Crippen LogP contribution in [0.25, 0.3) is 22.2 Å². The lowest BCUT2D eigenvalue weighted by atomic mass is 10.0. The predicted molar refractivity (Wildman–Crippen MR) is 129 cm³/mol. The molecule has 2 N–H and O–H groups in total. The van der Waals surface area contributed by atoms with Crippen molar-refractivity contribution in [1.82, 2.24) is 4.98 Å². The first kappa shape index (κ1) is 20.9. The Morgan fingerprint density at radius 3 is 2.67 bits per heavy atom. The van der Waals surface area contributed by atoms with E-state index in [1.807, 2.05) is 48.5 Å². The fraction of sp³-hybridized carbons (Fsp3) is 0.185. The van der Waals surface area contributed by atoms with Gasteiger partial charge in [-0.25, -0.2) is 4.39 Å². The van der Waals surface area contributed by atoms with Crippen molar-refractivity contribution in [2.45, 2.75) is 26.2 Å². The van der Waals surface area contributed by atoms with Crippen LogP contribution in [0.2, 0.25) is 0 Å². The molecule has 0 fully saturated rings. The molecular formula is C27H24FN3O2. The molecule has 5 rings (SSSR count). The SMILES string of the molecule is CC(=O)N1CCc2cc(NC(=O)CCc3c(-c4ccccc4)[nH]c4ccc(F)cc34)ccc21. The lowest BCUT2D eigenvalue weighted by Gasteiger charge is -2.15. The summed E-state index contributed by atoms with van der Waals surface area (Å²) in [5.74, 6) is -0.388. The standard InChI is InChI=1S/C27H24FN3O2/c1-17(32)31-14-13-19-15-21(8-11-25(19)31)29-26(33)12-9-22-23-16-20(28)7-10-24(23)30-27(22)18-5-3-2-4-6-18/h2-8,10-11,15-16,30H,9,12-14H2,1H3,(H,29,33). The summed E-state index contributed by atoms with van der Waals surface area (Å²) in [6, 6.07) is 20.2. The number of rotatable bonds is 5. The molecule has 0 unspecified atom stereocenters. The van der Waals surface area contributed by atoms with Crippen LogP contribution < -0.4 is 10.2 Å². The molecule has 1 aliphatic rings. The zero-order valence-corrected chi connectivity index (χ0v) is 18.3. The third-order valence-corrected chi connectivity index (χ3v) is 6.17. The number of carbonyl (C=O) groups is 2. The number of anilines is 2. The highest BCUT2D eigenvalue weighted by atomic mass is 19.1. The summed E-state index contributed by atoms with van der Waals surface area (Å²) in [4.78, 5) is 29.7. The van der Waals surface area contributed by atoms with E-state index in [4.69, 9.17) is 0 Å². The van der Waals surface area contributed by atoms with E-state index < -0.39 is 0 Å². The summed E-state index contributed by atoms with van der Waals surface area (Å²) in [5, 5.41) is 3.77. The van der Waals surface area contributed by atoms with Crippen LogP contribution in [0.3, 0.4) is 0 Å². The van der Waals surface area contributed by atoms with E-state index in [2.05, 4.69) is 10.3 Å². The zero-order chi connectivity index (χ0) is 22.9. The van der Waals surface area contributed by atoms with Crippen LogP contribution in [0.1, 0.15) is 24.5 Å². The van der Waals surface area contributed by atoms with Crippen molar-refractivity contribution >= 4 is 34.1 Å². The number of nitrogens with zero attached hydrogens (tertiary/aromatic N) is 1. The molecule has 2 heterocycles. The number of benzene rings is 3. The average Bonchev–Trinajstić information content (AvgIpc) is 3.39. The van der Waals surface area contributed by atoms with Gasteiger partial charge in [0.05, 0.1) is 0 Å². The molecule has 3 aromatic carbocycles. The number of nitrogens with one attached hydrogen (secondary N) is 2. The maximum atomic E-state index is 14.0. The van der Waals surface area contributed by atoms with Gasteiger partial charge in [0, 0.05) is 47.9 Å². The fourth-order valence-corrected chi connectivity index (χ4v) is 4.60. The smallest absolute Gasteiger partial charge is 0.224 e. The third-order valence-electron chi connectivity index (χ3n) is 6.17. The van der Waals surface area contributed by atoms with Crippen molar-refractivity contribution in [3.63, 3.8) is 0 Å². The number of aromatic nitrogens is 1. The topological polar surface area (TPSA) is 65.2 Å². The van der Waals surface area contributed by atoms with Crippen LogP contribution in [0.5, 0.6) is 0 Å². The lowest BCUT2D eigenvalue weighted by molar-refractivity contribution is -0.117. The van der Waals surface area contributed by atoms with E-state index in [9.17, 15) is 14.0 Å². The maximum absolute atomic E-state index is 14.0. The first-order chi connectivity index (χ1) is 16.0. The molecule has 0 saturated carbocycles. The average molecular weight is 442 g/mol. The van der Waals surface area contributed by atoms with Gasteiger partial charge in [-0.3, -0.25) is 9.59 Å². The van der Waals surface area contributed by atoms with E-state index >= 15 is 0 Å². The van der Waals surface area contributed by atoms with E-state index in [1.54, 1.807) is 17.9 Å². The second-order valence-corrected chi connectivity index (χ2v) is 8.35. The summed E-state index contributed by atoms with van der Waals surface area (Å²) in [6.07, 6.45) is 1.52. The number of hydrogen-bond donors (Lipinski definition) is 2. The van der Waals surface area contributed by atoms with Crippen molar-refractivity contribution in [2.24, 2.45) is 0 Å².